The second-order valence-corrected chi connectivity index (χ2v) is 11.4. The predicted molar refractivity (Wildman–Crippen MR) is 129 cm³/mol. The predicted octanol–water partition coefficient (Wildman–Crippen LogP) is 4.38. The van der Waals surface area contributed by atoms with E-state index in [1.165, 1.54) is 6.07 Å². The molecule has 1 N–H and O–H groups in total. The van der Waals surface area contributed by atoms with Gasteiger partial charge in [-0.25, -0.2) is 8.42 Å². The average molecular weight is 491 g/mol. The molecule has 0 radical (unpaired) electrons. The van der Waals surface area contributed by atoms with Gasteiger partial charge in [-0.3, -0.25) is 4.79 Å². The Labute approximate surface area is 201 Å². The first-order valence-electron chi connectivity index (χ1n) is 11.6. The SMILES string of the molecule is CC1CCCCN1S(=O)(=O)c1cccc(C(=O)NCC2(c3ccc(Cl)cc3)CCOCC2)c1. The number of amides is 1. The lowest BCUT2D eigenvalue weighted by Crippen LogP contribution is -2.44. The lowest BCUT2D eigenvalue weighted by molar-refractivity contribution is 0.0487. The molecule has 2 saturated heterocycles. The van der Waals surface area contributed by atoms with Crippen LogP contribution < -0.4 is 5.32 Å². The van der Waals surface area contributed by atoms with Gasteiger partial charge in [0.1, 0.15) is 0 Å². The van der Waals surface area contributed by atoms with Crippen molar-refractivity contribution in [2.45, 2.75) is 55.4 Å². The molecule has 1 unspecified atom stereocenters. The zero-order valence-corrected chi connectivity index (χ0v) is 20.5. The van der Waals surface area contributed by atoms with Crippen molar-refractivity contribution in [3.8, 4) is 0 Å². The molecule has 178 valence electrons. The van der Waals surface area contributed by atoms with Gasteiger partial charge in [0, 0.05) is 48.3 Å². The van der Waals surface area contributed by atoms with Crippen molar-refractivity contribution in [2.75, 3.05) is 26.3 Å². The fraction of sp³-hybridized carbons (Fsp3) is 0.480. The molecule has 2 aliphatic rings. The smallest absolute Gasteiger partial charge is 0.251 e. The maximum Gasteiger partial charge on any atom is 0.251 e. The molecular formula is C25H31ClN2O4S. The molecule has 6 nitrogen and oxygen atoms in total. The van der Waals surface area contributed by atoms with Gasteiger partial charge in [0.05, 0.1) is 4.90 Å². The molecule has 33 heavy (non-hydrogen) atoms. The van der Waals surface area contributed by atoms with E-state index >= 15 is 0 Å². The number of hydrogen-bond acceptors (Lipinski definition) is 4. The summed E-state index contributed by atoms with van der Waals surface area (Å²) in [4.78, 5) is 13.2. The zero-order valence-electron chi connectivity index (χ0n) is 18.9. The summed E-state index contributed by atoms with van der Waals surface area (Å²) in [5.41, 5.74) is 1.22. The molecule has 2 fully saturated rings. The molecule has 0 aliphatic carbocycles. The summed E-state index contributed by atoms with van der Waals surface area (Å²) in [5.74, 6) is -0.279. The Hall–Kier alpha value is -1.93. The van der Waals surface area contributed by atoms with Gasteiger partial charge in [-0.2, -0.15) is 4.31 Å². The molecule has 0 spiro atoms. The van der Waals surface area contributed by atoms with Gasteiger partial charge < -0.3 is 10.1 Å². The highest BCUT2D eigenvalue weighted by Crippen LogP contribution is 2.35. The van der Waals surface area contributed by atoms with Crippen LogP contribution in [-0.2, 0) is 20.2 Å². The Bertz CT molecular complexity index is 1080. The number of piperidine rings is 1. The Morgan fingerprint density at radius 1 is 1.15 bits per heavy atom. The van der Waals surface area contributed by atoms with Gasteiger partial charge in [0.2, 0.25) is 10.0 Å². The number of ether oxygens (including phenoxy) is 1. The second-order valence-electron chi connectivity index (χ2n) is 9.07. The number of nitrogens with zero attached hydrogens (tertiary/aromatic N) is 1. The number of nitrogens with one attached hydrogen (secondary N) is 1. The largest absolute Gasteiger partial charge is 0.381 e. The zero-order chi connectivity index (χ0) is 23.5. The van der Waals surface area contributed by atoms with Crippen LogP contribution in [0.3, 0.4) is 0 Å². The molecular weight excluding hydrogens is 460 g/mol. The van der Waals surface area contributed by atoms with E-state index < -0.39 is 10.0 Å². The summed E-state index contributed by atoms with van der Waals surface area (Å²) >= 11 is 6.07. The van der Waals surface area contributed by atoms with E-state index in [9.17, 15) is 13.2 Å². The Morgan fingerprint density at radius 2 is 1.88 bits per heavy atom. The Balaban J connectivity index is 1.52. The van der Waals surface area contributed by atoms with E-state index in [-0.39, 0.29) is 22.3 Å². The molecule has 2 heterocycles. The van der Waals surface area contributed by atoms with Gasteiger partial charge in [-0.05, 0) is 68.5 Å². The summed E-state index contributed by atoms with van der Waals surface area (Å²) < 4.78 is 33.6. The van der Waals surface area contributed by atoms with Crippen LogP contribution in [0.25, 0.3) is 0 Å². The van der Waals surface area contributed by atoms with Crippen LogP contribution in [0.4, 0.5) is 0 Å². The molecule has 0 saturated carbocycles. The minimum atomic E-state index is -3.64. The lowest BCUT2D eigenvalue weighted by atomic mass is 9.74. The number of carbonyl (C=O) groups is 1. The maximum absolute atomic E-state index is 13.2. The summed E-state index contributed by atoms with van der Waals surface area (Å²) in [6, 6.07) is 14.1. The Morgan fingerprint density at radius 3 is 2.58 bits per heavy atom. The van der Waals surface area contributed by atoms with Crippen molar-refractivity contribution in [2.24, 2.45) is 0 Å². The van der Waals surface area contributed by atoms with E-state index in [0.717, 1.165) is 37.7 Å². The van der Waals surface area contributed by atoms with E-state index in [4.69, 9.17) is 16.3 Å². The molecule has 2 aromatic carbocycles. The first kappa shape index (κ1) is 24.2. The van der Waals surface area contributed by atoms with Crippen LogP contribution in [-0.4, -0.2) is 51.0 Å². The number of sulfonamides is 1. The second kappa shape index (κ2) is 10.1. The minimum absolute atomic E-state index is 0.0333. The van der Waals surface area contributed by atoms with E-state index in [0.29, 0.717) is 36.9 Å². The molecule has 8 heteroatoms. The third-order valence-electron chi connectivity index (χ3n) is 6.94. The van der Waals surface area contributed by atoms with Crippen molar-refractivity contribution < 1.29 is 17.9 Å². The van der Waals surface area contributed by atoms with Crippen molar-refractivity contribution in [1.29, 1.82) is 0 Å². The van der Waals surface area contributed by atoms with Crippen LogP contribution in [0.1, 0.15) is 54.9 Å². The maximum atomic E-state index is 13.2. The molecule has 4 rings (SSSR count). The van der Waals surface area contributed by atoms with Crippen LogP contribution in [0.2, 0.25) is 5.02 Å². The standard InChI is InChI=1S/C25H31ClN2O4S/c1-19-5-2-3-14-28(19)33(30,31)23-7-4-6-20(17-23)24(29)27-18-25(12-15-32-16-13-25)21-8-10-22(26)11-9-21/h4,6-11,17,19H,2-3,5,12-16,18H2,1H3,(H,27,29). The Kier molecular flexibility index (Phi) is 7.43. The normalized spacial score (nSPS) is 21.5. The average Bonchev–Trinajstić information content (AvgIpc) is 2.84. The number of hydrogen-bond donors (Lipinski definition) is 1. The van der Waals surface area contributed by atoms with E-state index in [2.05, 4.69) is 5.32 Å². The van der Waals surface area contributed by atoms with E-state index in [1.54, 1.807) is 22.5 Å². The monoisotopic (exact) mass is 490 g/mol. The molecule has 1 atom stereocenters. The summed E-state index contributed by atoms with van der Waals surface area (Å²) in [5, 5.41) is 3.73. The molecule has 1 amide bonds. The topological polar surface area (TPSA) is 75.7 Å². The van der Waals surface area contributed by atoms with Crippen molar-refractivity contribution in [3.05, 3.63) is 64.7 Å². The quantitative estimate of drug-likeness (QED) is 0.652. The fourth-order valence-corrected chi connectivity index (χ4v) is 6.72. The van der Waals surface area contributed by atoms with Crippen LogP contribution in [0.5, 0.6) is 0 Å². The van der Waals surface area contributed by atoms with Gasteiger partial charge in [-0.15, -0.1) is 0 Å². The van der Waals surface area contributed by atoms with Gasteiger partial charge in [-0.1, -0.05) is 36.2 Å². The van der Waals surface area contributed by atoms with Gasteiger partial charge in [0.15, 0.2) is 0 Å². The van der Waals surface area contributed by atoms with Crippen molar-refractivity contribution >= 4 is 27.5 Å². The highest BCUT2D eigenvalue weighted by molar-refractivity contribution is 7.89. The molecule has 0 bridgehead atoms. The molecule has 2 aromatic rings. The van der Waals surface area contributed by atoms with E-state index in [1.807, 2.05) is 31.2 Å². The first-order chi connectivity index (χ1) is 15.8. The molecule has 2 aliphatic heterocycles. The highest BCUT2D eigenvalue weighted by atomic mass is 35.5. The number of rotatable bonds is 6. The van der Waals surface area contributed by atoms with Crippen LogP contribution in [0, 0.1) is 0 Å². The van der Waals surface area contributed by atoms with Crippen LogP contribution >= 0.6 is 11.6 Å². The third kappa shape index (κ3) is 5.27. The lowest BCUT2D eigenvalue weighted by Gasteiger charge is -2.38. The number of benzene rings is 2. The first-order valence-corrected chi connectivity index (χ1v) is 13.4. The third-order valence-corrected chi connectivity index (χ3v) is 9.20. The van der Waals surface area contributed by atoms with Gasteiger partial charge in [0.25, 0.3) is 5.91 Å². The highest BCUT2D eigenvalue weighted by Gasteiger charge is 2.35. The summed E-state index contributed by atoms with van der Waals surface area (Å²) in [6.45, 7) is 4.15. The summed E-state index contributed by atoms with van der Waals surface area (Å²) in [7, 11) is -3.64. The number of halogens is 1. The van der Waals surface area contributed by atoms with Crippen molar-refractivity contribution in [1.82, 2.24) is 9.62 Å². The fourth-order valence-electron chi connectivity index (χ4n) is 4.85. The van der Waals surface area contributed by atoms with Gasteiger partial charge >= 0.3 is 0 Å². The minimum Gasteiger partial charge on any atom is -0.381 e. The summed E-state index contributed by atoms with van der Waals surface area (Å²) in [6.07, 6.45) is 4.33. The molecule has 0 aromatic heterocycles. The van der Waals surface area contributed by atoms with Crippen LogP contribution in [0.15, 0.2) is 53.4 Å². The van der Waals surface area contributed by atoms with Crippen molar-refractivity contribution in [3.63, 3.8) is 0 Å². The number of carbonyl (C=O) groups excluding carboxylic acids is 1.